The van der Waals surface area contributed by atoms with E-state index >= 15 is 0 Å². The molecular formula is C15H19ClN2O3. The van der Waals surface area contributed by atoms with Gasteiger partial charge in [0.15, 0.2) is 0 Å². The SMILES string of the molecule is COC(=O)C1(N(C)C(=O)c2ccncc2Cl)CCCCC1. The van der Waals surface area contributed by atoms with Crippen LogP contribution in [0.25, 0.3) is 0 Å². The van der Waals surface area contributed by atoms with E-state index in [1.807, 2.05) is 0 Å². The number of carbonyl (C=O) groups excluding carboxylic acids is 2. The Labute approximate surface area is 129 Å². The number of pyridine rings is 1. The van der Waals surface area contributed by atoms with Crippen molar-refractivity contribution in [2.75, 3.05) is 14.2 Å². The van der Waals surface area contributed by atoms with Gasteiger partial charge in [0.25, 0.3) is 5.91 Å². The summed E-state index contributed by atoms with van der Waals surface area (Å²) >= 11 is 6.03. The van der Waals surface area contributed by atoms with Gasteiger partial charge in [-0.05, 0) is 18.9 Å². The van der Waals surface area contributed by atoms with Crippen molar-refractivity contribution in [3.63, 3.8) is 0 Å². The molecule has 0 radical (unpaired) electrons. The molecule has 0 N–H and O–H groups in total. The molecule has 1 heterocycles. The number of aromatic nitrogens is 1. The molecule has 1 saturated carbocycles. The van der Waals surface area contributed by atoms with Gasteiger partial charge in [-0.15, -0.1) is 0 Å². The van der Waals surface area contributed by atoms with Crippen molar-refractivity contribution < 1.29 is 14.3 Å². The Kier molecular flexibility index (Phi) is 4.83. The molecule has 6 heteroatoms. The van der Waals surface area contributed by atoms with Crippen LogP contribution >= 0.6 is 11.6 Å². The molecule has 0 aromatic carbocycles. The lowest BCUT2D eigenvalue weighted by Gasteiger charge is -2.42. The normalized spacial score (nSPS) is 17.1. The zero-order chi connectivity index (χ0) is 15.5. The molecule has 0 aliphatic heterocycles. The minimum Gasteiger partial charge on any atom is -0.467 e. The second-order valence-electron chi connectivity index (χ2n) is 5.30. The van der Waals surface area contributed by atoms with E-state index in [1.54, 1.807) is 13.1 Å². The highest BCUT2D eigenvalue weighted by Gasteiger charge is 2.46. The first-order valence-corrected chi connectivity index (χ1v) is 7.37. The molecule has 0 spiro atoms. The third-order valence-electron chi connectivity index (χ3n) is 4.20. The maximum absolute atomic E-state index is 12.7. The summed E-state index contributed by atoms with van der Waals surface area (Å²) in [6.45, 7) is 0. The molecule has 21 heavy (non-hydrogen) atoms. The average Bonchev–Trinajstić information content (AvgIpc) is 2.53. The highest BCUT2D eigenvalue weighted by molar-refractivity contribution is 6.33. The van der Waals surface area contributed by atoms with Crippen molar-refractivity contribution in [3.05, 3.63) is 29.0 Å². The molecule has 5 nitrogen and oxygen atoms in total. The zero-order valence-corrected chi connectivity index (χ0v) is 13.0. The number of halogens is 1. The van der Waals surface area contributed by atoms with Gasteiger partial charge in [0, 0.05) is 19.4 Å². The van der Waals surface area contributed by atoms with Gasteiger partial charge in [-0.2, -0.15) is 0 Å². The first-order valence-electron chi connectivity index (χ1n) is 6.99. The highest BCUT2D eigenvalue weighted by Crippen LogP contribution is 2.35. The molecule has 1 amide bonds. The zero-order valence-electron chi connectivity index (χ0n) is 12.3. The van der Waals surface area contributed by atoms with Crippen molar-refractivity contribution in [1.29, 1.82) is 0 Å². The van der Waals surface area contributed by atoms with Crippen LogP contribution < -0.4 is 0 Å². The number of methoxy groups -OCH3 is 1. The van der Waals surface area contributed by atoms with Crippen molar-refractivity contribution in [2.24, 2.45) is 0 Å². The molecule has 2 rings (SSSR count). The molecule has 0 unspecified atom stereocenters. The van der Waals surface area contributed by atoms with Crippen molar-refractivity contribution >= 4 is 23.5 Å². The monoisotopic (exact) mass is 310 g/mol. The van der Waals surface area contributed by atoms with E-state index in [0.717, 1.165) is 19.3 Å². The van der Waals surface area contributed by atoms with Gasteiger partial charge in [0.05, 0.1) is 17.7 Å². The van der Waals surface area contributed by atoms with E-state index < -0.39 is 5.54 Å². The number of rotatable bonds is 3. The summed E-state index contributed by atoms with van der Waals surface area (Å²) in [5, 5.41) is 0.283. The second-order valence-corrected chi connectivity index (χ2v) is 5.71. The number of nitrogens with zero attached hydrogens (tertiary/aromatic N) is 2. The number of hydrogen-bond acceptors (Lipinski definition) is 4. The van der Waals surface area contributed by atoms with Gasteiger partial charge in [-0.1, -0.05) is 30.9 Å². The van der Waals surface area contributed by atoms with Crippen molar-refractivity contribution in [2.45, 2.75) is 37.6 Å². The van der Waals surface area contributed by atoms with E-state index in [-0.39, 0.29) is 16.9 Å². The number of ether oxygens (including phenoxy) is 1. The molecule has 0 saturated heterocycles. The van der Waals surface area contributed by atoms with Crippen LogP contribution in [0.4, 0.5) is 0 Å². The maximum Gasteiger partial charge on any atom is 0.331 e. The Morgan fingerprint density at radius 1 is 1.33 bits per heavy atom. The minimum absolute atomic E-state index is 0.283. The molecule has 0 bridgehead atoms. The Morgan fingerprint density at radius 2 is 2.00 bits per heavy atom. The van der Waals surface area contributed by atoms with Crippen molar-refractivity contribution in [3.8, 4) is 0 Å². The van der Waals surface area contributed by atoms with Crippen LogP contribution in [0.2, 0.25) is 5.02 Å². The molecular weight excluding hydrogens is 292 g/mol. The predicted octanol–water partition coefficient (Wildman–Crippen LogP) is 2.68. The van der Waals surface area contributed by atoms with E-state index in [4.69, 9.17) is 16.3 Å². The Balaban J connectivity index is 2.34. The molecule has 1 aliphatic carbocycles. The molecule has 114 valence electrons. The minimum atomic E-state index is -0.892. The quantitative estimate of drug-likeness (QED) is 0.805. The fourth-order valence-corrected chi connectivity index (χ4v) is 3.13. The smallest absolute Gasteiger partial charge is 0.331 e. The van der Waals surface area contributed by atoms with Crippen LogP contribution in [-0.4, -0.2) is 41.5 Å². The molecule has 1 aromatic heterocycles. The fourth-order valence-electron chi connectivity index (χ4n) is 2.93. The molecule has 1 fully saturated rings. The number of carbonyl (C=O) groups is 2. The number of amides is 1. The summed E-state index contributed by atoms with van der Waals surface area (Å²) in [6, 6.07) is 1.56. The van der Waals surface area contributed by atoms with E-state index in [0.29, 0.717) is 18.4 Å². The molecule has 0 atom stereocenters. The van der Waals surface area contributed by atoms with Crippen LogP contribution in [0.3, 0.4) is 0 Å². The average molecular weight is 311 g/mol. The standard InChI is InChI=1S/C15H19ClN2O3/c1-18(13(19)11-6-9-17-10-12(11)16)15(14(20)21-2)7-4-3-5-8-15/h6,9-10H,3-5,7-8H2,1-2H3. The van der Waals surface area contributed by atoms with Crippen LogP contribution in [0, 0.1) is 0 Å². The second kappa shape index (κ2) is 6.43. The lowest BCUT2D eigenvalue weighted by molar-refractivity contribution is -0.155. The van der Waals surface area contributed by atoms with Gasteiger partial charge in [0.2, 0.25) is 0 Å². The Hall–Kier alpha value is -1.62. The van der Waals surface area contributed by atoms with Crippen LogP contribution in [0.15, 0.2) is 18.5 Å². The number of esters is 1. The summed E-state index contributed by atoms with van der Waals surface area (Å²) < 4.78 is 4.95. The Bertz CT molecular complexity index is 541. The number of likely N-dealkylation sites (N-methyl/N-ethyl adjacent to an activating group) is 1. The van der Waals surface area contributed by atoms with Gasteiger partial charge in [0.1, 0.15) is 5.54 Å². The largest absolute Gasteiger partial charge is 0.467 e. The van der Waals surface area contributed by atoms with E-state index in [1.165, 1.54) is 24.4 Å². The summed E-state index contributed by atoms with van der Waals surface area (Å²) in [5.41, 5.74) is -0.542. The third kappa shape index (κ3) is 2.88. The lowest BCUT2D eigenvalue weighted by Crippen LogP contribution is -2.56. The van der Waals surface area contributed by atoms with Gasteiger partial charge in [-0.25, -0.2) is 4.79 Å². The number of hydrogen-bond donors (Lipinski definition) is 0. The van der Waals surface area contributed by atoms with Crippen LogP contribution in [0.5, 0.6) is 0 Å². The highest BCUT2D eigenvalue weighted by atomic mass is 35.5. The predicted molar refractivity (Wildman–Crippen MR) is 79.2 cm³/mol. The summed E-state index contributed by atoms with van der Waals surface area (Å²) in [6.07, 6.45) is 7.03. The summed E-state index contributed by atoms with van der Waals surface area (Å²) in [7, 11) is 3.00. The summed E-state index contributed by atoms with van der Waals surface area (Å²) in [5.74, 6) is -0.641. The lowest BCUT2D eigenvalue weighted by atomic mass is 9.80. The molecule has 1 aromatic rings. The topological polar surface area (TPSA) is 59.5 Å². The first kappa shape index (κ1) is 15.8. The van der Waals surface area contributed by atoms with Crippen LogP contribution in [-0.2, 0) is 9.53 Å². The van der Waals surface area contributed by atoms with Crippen LogP contribution in [0.1, 0.15) is 42.5 Å². The van der Waals surface area contributed by atoms with E-state index in [2.05, 4.69) is 4.98 Å². The van der Waals surface area contributed by atoms with Crippen molar-refractivity contribution in [1.82, 2.24) is 9.88 Å². The van der Waals surface area contributed by atoms with Gasteiger partial charge < -0.3 is 9.64 Å². The van der Waals surface area contributed by atoms with Gasteiger partial charge in [-0.3, -0.25) is 9.78 Å². The Morgan fingerprint density at radius 3 is 2.57 bits per heavy atom. The maximum atomic E-state index is 12.7. The van der Waals surface area contributed by atoms with E-state index in [9.17, 15) is 9.59 Å². The third-order valence-corrected chi connectivity index (χ3v) is 4.50. The summed E-state index contributed by atoms with van der Waals surface area (Å²) in [4.78, 5) is 30.3. The van der Waals surface area contributed by atoms with Gasteiger partial charge >= 0.3 is 5.97 Å². The fraction of sp³-hybridized carbons (Fsp3) is 0.533. The first-order chi connectivity index (χ1) is 10.0. The molecule has 1 aliphatic rings.